The predicted octanol–water partition coefficient (Wildman–Crippen LogP) is 1.54. The Kier molecular flexibility index (Phi) is 3.29. The third-order valence-electron chi connectivity index (χ3n) is 5.38. The molecule has 0 bridgehead atoms. The van der Waals surface area contributed by atoms with Crippen LogP contribution in [-0.2, 0) is 6.54 Å². The predicted molar refractivity (Wildman–Crippen MR) is 81.3 cm³/mol. The molecule has 3 nitrogen and oxygen atoms in total. The molecule has 1 aliphatic carbocycles. The zero-order valence-corrected chi connectivity index (χ0v) is 12.1. The van der Waals surface area contributed by atoms with Crippen LogP contribution in [-0.4, -0.2) is 48.1 Å². The molecule has 0 amide bonds. The molecule has 0 spiro atoms. The Morgan fingerprint density at radius 2 is 1.80 bits per heavy atom. The van der Waals surface area contributed by atoms with Gasteiger partial charge in [0.15, 0.2) is 0 Å². The van der Waals surface area contributed by atoms with E-state index in [0.717, 1.165) is 31.0 Å². The number of rotatable bonds is 3. The number of hydrogen-bond donors (Lipinski definition) is 1. The van der Waals surface area contributed by atoms with E-state index in [1.807, 2.05) is 0 Å². The summed E-state index contributed by atoms with van der Waals surface area (Å²) in [4.78, 5) is 5.31. The van der Waals surface area contributed by atoms with Gasteiger partial charge < -0.3 is 5.73 Å². The van der Waals surface area contributed by atoms with Crippen molar-refractivity contribution in [3.63, 3.8) is 0 Å². The van der Waals surface area contributed by atoms with Gasteiger partial charge in [0.1, 0.15) is 0 Å². The number of fused-ring (bicyclic) bond motifs is 1. The van der Waals surface area contributed by atoms with Gasteiger partial charge >= 0.3 is 0 Å². The largest absolute Gasteiger partial charge is 0.327 e. The summed E-state index contributed by atoms with van der Waals surface area (Å²) in [5.41, 5.74) is 7.57. The summed E-state index contributed by atoms with van der Waals surface area (Å²) in [5.74, 6) is 1.84. The topological polar surface area (TPSA) is 32.5 Å². The number of benzene rings is 1. The van der Waals surface area contributed by atoms with E-state index in [-0.39, 0.29) is 0 Å². The van der Waals surface area contributed by atoms with Crippen molar-refractivity contribution in [2.45, 2.75) is 31.5 Å². The first-order valence-electron chi connectivity index (χ1n) is 8.07. The fourth-order valence-electron chi connectivity index (χ4n) is 4.41. The van der Waals surface area contributed by atoms with Crippen molar-refractivity contribution < 1.29 is 0 Å². The molecule has 1 saturated carbocycles. The summed E-state index contributed by atoms with van der Waals surface area (Å²) in [6.45, 7) is 6.12. The van der Waals surface area contributed by atoms with Crippen LogP contribution in [0.15, 0.2) is 30.3 Å². The van der Waals surface area contributed by atoms with Gasteiger partial charge in [-0.25, -0.2) is 0 Å². The molecule has 1 aromatic rings. The van der Waals surface area contributed by atoms with Gasteiger partial charge in [-0.3, -0.25) is 9.80 Å². The fourth-order valence-corrected chi connectivity index (χ4v) is 4.41. The van der Waals surface area contributed by atoms with Crippen LogP contribution in [0.25, 0.3) is 0 Å². The first kappa shape index (κ1) is 12.8. The lowest BCUT2D eigenvalue weighted by atomic mass is 10.1. The van der Waals surface area contributed by atoms with E-state index in [9.17, 15) is 0 Å². The molecule has 3 aliphatic rings. The van der Waals surface area contributed by atoms with Crippen LogP contribution in [0.3, 0.4) is 0 Å². The minimum Gasteiger partial charge on any atom is -0.327 e. The van der Waals surface area contributed by atoms with E-state index < -0.39 is 0 Å². The molecule has 0 aromatic heterocycles. The maximum atomic E-state index is 6.12. The van der Waals surface area contributed by atoms with Crippen molar-refractivity contribution in [1.29, 1.82) is 0 Å². The highest BCUT2D eigenvalue weighted by Crippen LogP contribution is 2.49. The van der Waals surface area contributed by atoms with E-state index in [1.54, 1.807) is 0 Å². The monoisotopic (exact) mass is 271 g/mol. The quantitative estimate of drug-likeness (QED) is 0.905. The van der Waals surface area contributed by atoms with Crippen LogP contribution in [0.1, 0.15) is 18.4 Å². The molecular formula is C17H25N3. The van der Waals surface area contributed by atoms with E-state index in [4.69, 9.17) is 5.73 Å². The molecule has 0 radical (unpaired) electrons. The molecule has 3 unspecified atom stereocenters. The zero-order chi connectivity index (χ0) is 13.5. The van der Waals surface area contributed by atoms with Gasteiger partial charge in [-0.05, 0) is 36.8 Å². The molecule has 1 aromatic carbocycles. The van der Waals surface area contributed by atoms with Crippen LogP contribution in [0.2, 0.25) is 0 Å². The molecular weight excluding hydrogens is 246 g/mol. The number of nitrogens with zero attached hydrogens (tertiary/aromatic N) is 2. The van der Waals surface area contributed by atoms with E-state index in [0.29, 0.717) is 6.04 Å². The summed E-state index contributed by atoms with van der Waals surface area (Å²) in [6, 6.07) is 12.1. The highest BCUT2D eigenvalue weighted by atomic mass is 15.3. The minimum atomic E-state index is 0.422. The Morgan fingerprint density at radius 3 is 2.50 bits per heavy atom. The van der Waals surface area contributed by atoms with Gasteiger partial charge in [0.2, 0.25) is 0 Å². The molecule has 4 rings (SSSR count). The van der Waals surface area contributed by atoms with Crippen LogP contribution in [0.4, 0.5) is 0 Å². The van der Waals surface area contributed by atoms with Crippen molar-refractivity contribution in [2.24, 2.45) is 17.6 Å². The summed E-state index contributed by atoms with van der Waals surface area (Å²) in [6.07, 6.45) is 2.52. The standard InChI is InChI=1S/C17H25N3/c18-14-7-4-8-20(10-14)17-15-11-19(12-16(15)17)9-13-5-2-1-3-6-13/h1-3,5-6,14-17H,4,7-12,18H2. The molecule has 2 aliphatic heterocycles. The Labute approximate surface area is 121 Å². The Morgan fingerprint density at radius 1 is 1.05 bits per heavy atom. The molecule has 2 N–H and O–H groups in total. The highest BCUT2D eigenvalue weighted by Gasteiger charge is 2.58. The molecule has 3 fully saturated rings. The van der Waals surface area contributed by atoms with Crippen molar-refractivity contribution in [1.82, 2.24) is 9.80 Å². The van der Waals surface area contributed by atoms with Crippen molar-refractivity contribution in [3.05, 3.63) is 35.9 Å². The van der Waals surface area contributed by atoms with Gasteiger partial charge in [0.25, 0.3) is 0 Å². The Hall–Kier alpha value is -0.900. The zero-order valence-electron chi connectivity index (χ0n) is 12.1. The van der Waals surface area contributed by atoms with Crippen LogP contribution >= 0.6 is 0 Å². The molecule has 108 valence electrons. The number of piperidine rings is 2. The van der Waals surface area contributed by atoms with Gasteiger partial charge in [0, 0.05) is 38.3 Å². The lowest BCUT2D eigenvalue weighted by Crippen LogP contribution is -2.46. The highest BCUT2D eigenvalue weighted by molar-refractivity contribution is 5.17. The third-order valence-corrected chi connectivity index (χ3v) is 5.38. The molecule has 3 atom stereocenters. The number of nitrogens with two attached hydrogens (primary N) is 1. The molecule has 20 heavy (non-hydrogen) atoms. The molecule has 3 heteroatoms. The maximum absolute atomic E-state index is 6.12. The van der Waals surface area contributed by atoms with Gasteiger partial charge in [-0.15, -0.1) is 0 Å². The molecule has 2 saturated heterocycles. The first-order chi connectivity index (χ1) is 9.81. The van der Waals surface area contributed by atoms with Crippen LogP contribution in [0, 0.1) is 11.8 Å². The van der Waals surface area contributed by atoms with Crippen molar-refractivity contribution >= 4 is 0 Å². The lowest BCUT2D eigenvalue weighted by Gasteiger charge is -2.33. The van der Waals surface area contributed by atoms with Crippen molar-refractivity contribution in [3.8, 4) is 0 Å². The summed E-state index contributed by atoms with van der Waals surface area (Å²) in [7, 11) is 0. The Bertz CT molecular complexity index is 449. The van der Waals surface area contributed by atoms with E-state index in [2.05, 4.69) is 40.1 Å². The smallest absolute Gasteiger partial charge is 0.0233 e. The van der Waals surface area contributed by atoms with Gasteiger partial charge in [-0.1, -0.05) is 30.3 Å². The Balaban J connectivity index is 1.30. The summed E-state index contributed by atoms with van der Waals surface area (Å²) < 4.78 is 0. The normalized spacial score (nSPS) is 37.9. The van der Waals surface area contributed by atoms with E-state index in [1.165, 1.54) is 38.0 Å². The number of likely N-dealkylation sites (tertiary alicyclic amines) is 2. The van der Waals surface area contributed by atoms with Crippen molar-refractivity contribution in [2.75, 3.05) is 26.2 Å². The van der Waals surface area contributed by atoms with Crippen LogP contribution < -0.4 is 5.73 Å². The van der Waals surface area contributed by atoms with E-state index >= 15 is 0 Å². The van der Waals surface area contributed by atoms with Crippen LogP contribution in [0.5, 0.6) is 0 Å². The minimum absolute atomic E-state index is 0.422. The average Bonchev–Trinajstić information content (AvgIpc) is 2.97. The molecule has 2 heterocycles. The SMILES string of the molecule is NC1CCCN(C2C3CN(Cc4ccccc4)CC32)C1. The van der Waals surface area contributed by atoms with Gasteiger partial charge in [0.05, 0.1) is 0 Å². The average molecular weight is 271 g/mol. The first-order valence-corrected chi connectivity index (χ1v) is 8.07. The second kappa shape index (κ2) is 5.14. The fraction of sp³-hybridized carbons (Fsp3) is 0.647. The maximum Gasteiger partial charge on any atom is 0.0233 e. The second-order valence-corrected chi connectivity index (χ2v) is 6.90. The second-order valence-electron chi connectivity index (χ2n) is 6.90. The van der Waals surface area contributed by atoms with Gasteiger partial charge in [-0.2, -0.15) is 0 Å². The third kappa shape index (κ3) is 2.39. The number of hydrogen-bond acceptors (Lipinski definition) is 3. The summed E-state index contributed by atoms with van der Waals surface area (Å²) >= 11 is 0. The summed E-state index contributed by atoms with van der Waals surface area (Å²) in [5, 5.41) is 0. The lowest BCUT2D eigenvalue weighted by molar-refractivity contribution is 0.159.